The molecule has 0 radical (unpaired) electrons. The highest BCUT2D eigenvalue weighted by molar-refractivity contribution is 9.09. The molecule has 0 spiro atoms. The minimum absolute atomic E-state index is 0. The highest BCUT2D eigenvalue weighted by Crippen LogP contribution is 2.24. The van der Waals surface area contributed by atoms with Crippen LogP contribution in [0.2, 0.25) is 0 Å². The number of benzene rings is 1. The van der Waals surface area contributed by atoms with E-state index in [0.29, 0.717) is 18.1 Å². The highest BCUT2D eigenvalue weighted by atomic mass is 79.9. The van der Waals surface area contributed by atoms with E-state index in [0.717, 1.165) is 10.7 Å². The number of hydrogen-bond acceptors (Lipinski definition) is 7. The Kier molecular flexibility index (Phi) is 8.14. The van der Waals surface area contributed by atoms with E-state index in [1.165, 1.54) is 18.2 Å². The molecule has 128 valence electrons. The first-order valence-electron chi connectivity index (χ1n) is 6.45. The van der Waals surface area contributed by atoms with Crippen molar-refractivity contribution in [1.82, 2.24) is 4.98 Å². The normalized spacial score (nSPS) is 9.58. The number of rotatable bonds is 7. The Hall–Kier alpha value is -2.19. The van der Waals surface area contributed by atoms with Gasteiger partial charge in [-0.2, -0.15) is 0 Å². The number of pyridine rings is 1. The zero-order chi connectivity index (χ0) is 16.7. The van der Waals surface area contributed by atoms with Gasteiger partial charge >= 0.3 is 0 Å². The second kappa shape index (κ2) is 9.84. The smallest absolute Gasteiger partial charge is 0.260 e. The number of nitrogens with zero attached hydrogens (tertiary/aromatic N) is 3. The zero-order valence-corrected chi connectivity index (χ0v) is 14.7. The molecule has 1 aromatic heterocycles. The van der Waals surface area contributed by atoms with Crippen molar-refractivity contribution in [3.8, 4) is 0 Å². The first-order chi connectivity index (χ1) is 11.1. The number of anilines is 3. The number of hydrazone groups is 1. The Morgan fingerprint density at radius 3 is 2.62 bits per heavy atom. The van der Waals surface area contributed by atoms with E-state index < -0.39 is 0 Å². The zero-order valence-electron chi connectivity index (χ0n) is 12.3. The third kappa shape index (κ3) is 5.47. The van der Waals surface area contributed by atoms with Crippen molar-refractivity contribution in [3.05, 3.63) is 47.8 Å². The van der Waals surface area contributed by atoms with Crippen LogP contribution in [0.1, 0.15) is 5.56 Å². The van der Waals surface area contributed by atoms with Gasteiger partial charge in [-0.1, -0.05) is 33.2 Å². The van der Waals surface area contributed by atoms with Crippen molar-refractivity contribution in [1.29, 1.82) is 0 Å². The average molecular weight is 419 g/mol. The summed E-state index contributed by atoms with van der Waals surface area (Å²) in [5.41, 5.74) is 7.16. The third-order valence-electron chi connectivity index (χ3n) is 2.80. The fraction of sp³-hybridized carbons (Fsp3) is 0.143. The van der Waals surface area contributed by atoms with Gasteiger partial charge in [0.05, 0.1) is 0 Å². The average Bonchev–Trinajstić information content (AvgIpc) is 2.54. The standard InChI is InChI=1S/C14H13BrFN5O2.ClH/c15-8-23-21(19-9-22)12-5-6-13(20-14(12)17)18-7-10-1-3-11(16)4-2-10;/h1-6H,7-8H2,(H3,17,18,20);1H. The van der Waals surface area contributed by atoms with Crippen molar-refractivity contribution >= 4 is 51.7 Å². The van der Waals surface area contributed by atoms with E-state index in [-0.39, 0.29) is 29.6 Å². The van der Waals surface area contributed by atoms with Gasteiger partial charge in [-0.3, -0.25) is 0 Å². The fourth-order valence-corrected chi connectivity index (χ4v) is 1.95. The summed E-state index contributed by atoms with van der Waals surface area (Å²) < 4.78 is 12.8. The van der Waals surface area contributed by atoms with Gasteiger partial charge in [-0.25, -0.2) is 19.0 Å². The van der Waals surface area contributed by atoms with Crippen LogP contribution in [0.15, 0.2) is 41.5 Å². The van der Waals surface area contributed by atoms with Gasteiger partial charge in [0.1, 0.15) is 22.8 Å². The van der Waals surface area contributed by atoms with Gasteiger partial charge in [0.2, 0.25) is 0 Å². The molecule has 10 heteroatoms. The number of nitrogens with two attached hydrogens (primary N) is 1. The number of nitrogen functional groups attached to an aromatic ring is 1. The molecule has 7 nitrogen and oxygen atoms in total. The molecule has 0 amide bonds. The number of halogens is 3. The lowest BCUT2D eigenvalue weighted by atomic mass is 10.2. The summed E-state index contributed by atoms with van der Waals surface area (Å²) in [5, 5.41) is 7.36. The maximum Gasteiger partial charge on any atom is 0.260 e. The van der Waals surface area contributed by atoms with Crippen molar-refractivity contribution in [2.24, 2.45) is 5.10 Å². The lowest BCUT2D eigenvalue weighted by Gasteiger charge is -2.16. The predicted octanol–water partition coefficient (Wildman–Crippen LogP) is 3.18. The van der Waals surface area contributed by atoms with E-state index in [2.05, 4.69) is 31.3 Å². The fourth-order valence-electron chi connectivity index (χ4n) is 1.76. The minimum atomic E-state index is -0.289. The number of carbonyl (C=O) groups excluding carboxylic acids is 1. The Balaban J connectivity index is 0.00000288. The van der Waals surface area contributed by atoms with Crippen molar-refractivity contribution < 1.29 is 14.0 Å². The molecule has 2 aromatic rings. The van der Waals surface area contributed by atoms with Crippen LogP contribution in [0.3, 0.4) is 0 Å². The maximum atomic E-state index is 12.8. The number of aromatic nitrogens is 1. The van der Waals surface area contributed by atoms with Crippen molar-refractivity contribution in [3.63, 3.8) is 0 Å². The molecule has 0 atom stereocenters. The van der Waals surface area contributed by atoms with Gasteiger partial charge < -0.3 is 11.1 Å². The van der Waals surface area contributed by atoms with Gasteiger partial charge in [0.25, 0.3) is 6.08 Å². The molecule has 0 bridgehead atoms. The van der Waals surface area contributed by atoms with Crippen LogP contribution >= 0.6 is 28.3 Å². The molecule has 0 saturated carbocycles. The molecule has 2 rings (SSSR count). The summed E-state index contributed by atoms with van der Waals surface area (Å²) >= 11 is 3.06. The van der Waals surface area contributed by atoms with E-state index >= 15 is 0 Å². The van der Waals surface area contributed by atoms with Crippen molar-refractivity contribution in [2.45, 2.75) is 6.54 Å². The second-order valence-corrected chi connectivity index (χ2v) is 4.74. The number of isocyanates is 1. The Morgan fingerprint density at radius 2 is 2.04 bits per heavy atom. The van der Waals surface area contributed by atoms with E-state index in [1.807, 2.05) is 0 Å². The predicted molar refractivity (Wildman–Crippen MR) is 95.1 cm³/mol. The molecule has 0 saturated heterocycles. The van der Waals surface area contributed by atoms with E-state index in [4.69, 9.17) is 10.6 Å². The summed E-state index contributed by atoms with van der Waals surface area (Å²) in [7, 11) is 0. The molecule has 1 heterocycles. The van der Waals surface area contributed by atoms with Crippen LogP contribution < -0.4 is 16.2 Å². The summed E-state index contributed by atoms with van der Waals surface area (Å²) in [6.07, 6.45) is 1.37. The van der Waals surface area contributed by atoms with Crippen LogP contribution in [0.4, 0.5) is 21.7 Å². The third-order valence-corrected chi connectivity index (χ3v) is 3.00. The summed E-state index contributed by atoms with van der Waals surface area (Å²) in [6.45, 7) is 0.459. The van der Waals surface area contributed by atoms with Gasteiger partial charge in [0.15, 0.2) is 5.82 Å². The first-order valence-corrected chi connectivity index (χ1v) is 7.58. The monoisotopic (exact) mass is 417 g/mol. The maximum absolute atomic E-state index is 12.8. The Morgan fingerprint density at radius 1 is 1.33 bits per heavy atom. The second-order valence-electron chi connectivity index (χ2n) is 4.28. The quantitative estimate of drug-likeness (QED) is 0.310. The highest BCUT2D eigenvalue weighted by Gasteiger charge is 2.12. The van der Waals surface area contributed by atoms with Crippen LogP contribution in [0.25, 0.3) is 0 Å². The Bertz CT molecular complexity index is 713. The molecule has 24 heavy (non-hydrogen) atoms. The molecule has 0 aliphatic rings. The minimum Gasteiger partial charge on any atom is -0.382 e. The molecular weight excluding hydrogens is 405 g/mol. The van der Waals surface area contributed by atoms with Crippen LogP contribution in [0, 0.1) is 5.82 Å². The molecule has 3 N–H and O–H groups in total. The lowest BCUT2D eigenvalue weighted by Crippen LogP contribution is -2.18. The van der Waals surface area contributed by atoms with E-state index in [9.17, 15) is 9.18 Å². The number of alkyl halides is 1. The molecule has 0 unspecified atom stereocenters. The SMILES string of the molecule is Cl.Nc1nc(NCc2ccc(F)cc2)ccc1N(N=C=O)OCBr. The van der Waals surface area contributed by atoms with Crippen molar-refractivity contribution in [2.75, 3.05) is 21.7 Å². The first kappa shape index (κ1) is 19.9. The summed E-state index contributed by atoms with van der Waals surface area (Å²) in [5.74, 6) is 0.349. The topological polar surface area (TPSA) is 92.8 Å². The Labute approximate surface area is 152 Å². The summed E-state index contributed by atoms with van der Waals surface area (Å²) in [6, 6.07) is 9.36. The largest absolute Gasteiger partial charge is 0.382 e. The molecule has 1 aromatic carbocycles. The van der Waals surface area contributed by atoms with Gasteiger partial charge in [-0.15, -0.1) is 17.6 Å². The lowest BCUT2D eigenvalue weighted by molar-refractivity contribution is 0.158. The molecule has 0 aliphatic heterocycles. The van der Waals surface area contributed by atoms with E-state index in [1.54, 1.807) is 24.3 Å². The van der Waals surface area contributed by atoms with Gasteiger partial charge in [-0.05, 0) is 29.8 Å². The molecule has 0 fully saturated rings. The number of hydrogen-bond donors (Lipinski definition) is 2. The van der Waals surface area contributed by atoms with Crippen LogP contribution in [0.5, 0.6) is 0 Å². The van der Waals surface area contributed by atoms with Gasteiger partial charge in [0, 0.05) is 6.54 Å². The van der Waals surface area contributed by atoms with Crippen LogP contribution in [-0.4, -0.2) is 16.6 Å². The molecular formula is C14H14BrClFN5O2. The summed E-state index contributed by atoms with van der Waals surface area (Å²) in [4.78, 5) is 19.6. The number of nitrogens with one attached hydrogen (secondary N) is 1. The molecule has 0 aliphatic carbocycles. The van der Waals surface area contributed by atoms with Crippen LogP contribution in [-0.2, 0) is 16.2 Å².